The van der Waals surface area contributed by atoms with Gasteiger partial charge in [0.25, 0.3) is 0 Å². The van der Waals surface area contributed by atoms with Gasteiger partial charge in [0.15, 0.2) is 5.78 Å². The smallest absolute Gasteiger partial charge is 0.250 e. The molecule has 33 heavy (non-hydrogen) atoms. The zero-order valence-electron chi connectivity index (χ0n) is 17.8. The summed E-state index contributed by atoms with van der Waals surface area (Å²) >= 11 is 9.43. The van der Waals surface area contributed by atoms with Gasteiger partial charge in [-0.15, -0.1) is 23.1 Å². The molecule has 5 nitrogen and oxygen atoms in total. The van der Waals surface area contributed by atoms with Crippen molar-refractivity contribution in [1.29, 1.82) is 0 Å². The molecular formula is C25H21ClN2O3S2. The van der Waals surface area contributed by atoms with Crippen LogP contribution in [0.1, 0.15) is 26.7 Å². The lowest BCUT2D eigenvalue weighted by atomic mass is 9.70. The van der Waals surface area contributed by atoms with Crippen LogP contribution in [0.25, 0.3) is 0 Å². The fourth-order valence-corrected chi connectivity index (χ4v) is 7.97. The molecule has 2 aromatic carbocycles. The number of Topliss-reactive ketones (excluding diaryl/α,β-unsaturated/α-hetero) is 1. The Hall–Kier alpha value is -2.32. The lowest BCUT2D eigenvalue weighted by molar-refractivity contribution is -0.127. The number of thiophene rings is 1. The molecule has 0 saturated carbocycles. The highest BCUT2D eigenvalue weighted by atomic mass is 35.5. The highest BCUT2D eigenvalue weighted by Gasteiger charge is 2.69. The third-order valence-electron chi connectivity index (χ3n) is 7.13. The topological polar surface area (TPSA) is 58.6 Å². The molecule has 3 aromatic rings. The molecule has 2 fully saturated rings. The molecule has 3 aliphatic heterocycles. The van der Waals surface area contributed by atoms with Gasteiger partial charge in [-0.25, -0.2) is 0 Å². The maximum absolute atomic E-state index is 14.2. The second-order valence-corrected chi connectivity index (χ2v) is 10.9. The van der Waals surface area contributed by atoms with E-state index in [0.29, 0.717) is 21.5 Å². The number of anilines is 1. The number of carbonyl (C=O) groups excluding carboxylic acids is 2. The number of methoxy groups -OCH3 is 1. The quantitative estimate of drug-likeness (QED) is 0.501. The SMILES string of the molecule is COc1ccc2c(c1)[C@]1(C(=O)N2)[C@@H](C(=O)c2cccs2)[C@H](c2ccc(Cl)cc2)[C@H]2CSCN21. The molecule has 6 rings (SSSR count). The van der Waals surface area contributed by atoms with Crippen LogP contribution in [0.4, 0.5) is 5.69 Å². The van der Waals surface area contributed by atoms with Crippen LogP contribution in [0.3, 0.4) is 0 Å². The van der Waals surface area contributed by atoms with Gasteiger partial charge in [0.1, 0.15) is 11.3 Å². The van der Waals surface area contributed by atoms with Crippen LogP contribution in [-0.2, 0) is 10.3 Å². The van der Waals surface area contributed by atoms with Gasteiger partial charge in [-0.2, -0.15) is 0 Å². The highest BCUT2D eigenvalue weighted by Crippen LogP contribution is 2.61. The maximum Gasteiger partial charge on any atom is 0.250 e. The molecule has 1 spiro atoms. The number of amides is 1. The molecule has 3 aliphatic rings. The van der Waals surface area contributed by atoms with Crippen LogP contribution in [0, 0.1) is 5.92 Å². The standard InChI is InChI=1S/C25H21ClN2O3S2/c1-31-16-8-9-18-17(11-16)25(24(30)27-18)22(23(29)20-3-2-10-33-20)21(19-12-32-13-28(19)25)14-4-6-15(26)7-5-14/h2-11,19,21-22H,12-13H2,1H3,(H,27,30)/t19-,21-,22-,25-/m1/s1. The fourth-order valence-electron chi connectivity index (χ4n) is 5.81. The third-order valence-corrected chi connectivity index (χ3v) is 9.30. The van der Waals surface area contributed by atoms with Crippen molar-refractivity contribution < 1.29 is 14.3 Å². The summed E-state index contributed by atoms with van der Waals surface area (Å²) in [7, 11) is 1.62. The van der Waals surface area contributed by atoms with Crippen molar-refractivity contribution >= 4 is 52.1 Å². The first-order chi connectivity index (χ1) is 16.1. The second kappa shape index (κ2) is 7.87. The summed E-state index contributed by atoms with van der Waals surface area (Å²) < 4.78 is 5.52. The van der Waals surface area contributed by atoms with E-state index >= 15 is 0 Å². The Morgan fingerprint density at radius 1 is 1.21 bits per heavy atom. The predicted molar refractivity (Wildman–Crippen MR) is 133 cm³/mol. The van der Waals surface area contributed by atoms with Gasteiger partial charge >= 0.3 is 0 Å². The molecule has 168 valence electrons. The summed E-state index contributed by atoms with van der Waals surface area (Å²) in [6.45, 7) is 0. The van der Waals surface area contributed by atoms with Crippen LogP contribution in [0.15, 0.2) is 60.0 Å². The lowest BCUT2D eigenvalue weighted by Gasteiger charge is -2.36. The zero-order chi connectivity index (χ0) is 22.7. The fraction of sp³-hybridized carbons (Fsp3) is 0.280. The van der Waals surface area contributed by atoms with Crippen molar-refractivity contribution in [1.82, 2.24) is 4.90 Å². The normalized spacial score (nSPS) is 28.1. The molecule has 2 saturated heterocycles. The first-order valence-electron chi connectivity index (χ1n) is 10.7. The second-order valence-electron chi connectivity index (χ2n) is 8.57. The van der Waals surface area contributed by atoms with Crippen molar-refractivity contribution in [3.8, 4) is 5.75 Å². The van der Waals surface area contributed by atoms with E-state index in [1.54, 1.807) is 18.9 Å². The summed E-state index contributed by atoms with van der Waals surface area (Å²) in [5.41, 5.74) is 1.51. The Morgan fingerprint density at radius 3 is 2.76 bits per heavy atom. The highest BCUT2D eigenvalue weighted by molar-refractivity contribution is 7.99. The molecule has 0 unspecified atom stereocenters. The van der Waals surface area contributed by atoms with E-state index in [1.807, 2.05) is 60.0 Å². The molecule has 1 aromatic heterocycles. The first-order valence-corrected chi connectivity index (χ1v) is 13.1. The van der Waals surface area contributed by atoms with Gasteiger partial charge in [0.05, 0.1) is 17.9 Å². The monoisotopic (exact) mass is 496 g/mol. The number of hydrogen-bond acceptors (Lipinski definition) is 6. The Bertz CT molecular complexity index is 1250. The molecule has 4 atom stereocenters. The number of hydrogen-bond donors (Lipinski definition) is 1. The van der Waals surface area contributed by atoms with E-state index in [9.17, 15) is 9.59 Å². The number of rotatable bonds is 4. The van der Waals surface area contributed by atoms with Crippen molar-refractivity contribution in [2.45, 2.75) is 17.5 Å². The van der Waals surface area contributed by atoms with Crippen LogP contribution >= 0.6 is 34.7 Å². The zero-order valence-corrected chi connectivity index (χ0v) is 20.2. The van der Waals surface area contributed by atoms with Crippen molar-refractivity contribution in [2.24, 2.45) is 5.92 Å². The van der Waals surface area contributed by atoms with Crippen LogP contribution in [-0.4, -0.2) is 41.4 Å². The van der Waals surface area contributed by atoms with Crippen LogP contribution in [0.5, 0.6) is 5.75 Å². The average molecular weight is 497 g/mol. The van der Waals surface area contributed by atoms with Gasteiger partial charge in [-0.3, -0.25) is 14.5 Å². The van der Waals surface area contributed by atoms with Crippen molar-refractivity contribution in [2.75, 3.05) is 24.1 Å². The summed E-state index contributed by atoms with van der Waals surface area (Å²) in [4.78, 5) is 31.1. The molecule has 0 bridgehead atoms. The van der Waals surface area contributed by atoms with E-state index in [-0.39, 0.29) is 23.7 Å². The minimum Gasteiger partial charge on any atom is -0.497 e. The van der Waals surface area contributed by atoms with Crippen LogP contribution < -0.4 is 10.1 Å². The summed E-state index contributed by atoms with van der Waals surface area (Å²) in [5.74, 6) is 1.37. The van der Waals surface area contributed by atoms with Gasteiger partial charge in [-0.1, -0.05) is 29.8 Å². The largest absolute Gasteiger partial charge is 0.497 e. The number of thioether (sulfide) groups is 1. The predicted octanol–water partition coefficient (Wildman–Crippen LogP) is 5.23. The molecule has 4 heterocycles. The number of benzene rings is 2. The van der Waals surface area contributed by atoms with Gasteiger partial charge in [0, 0.05) is 39.9 Å². The summed E-state index contributed by atoms with van der Waals surface area (Å²) in [5, 5.41) is 5.65. The summed E-state index contributed by atoms with van der Waals surface area (Å²) in [6, 6.07) is 17.2. The van der Waals surface area contributed by atoms with E-state index in [4.69, 9.17) is 16.3 Å². The molecule has 1 N–H and O–H groups in total. The Balaban J connectivity index is 1.62. The van der Waals surface area contributed by atoms with E-state index in [2.05, 4.69) is 10.2 Å². The number of halogens is 1. The molecule has 0 aliphatic carbocycles. The minimum absolute atomic E-state index is 0.00942. The summed E-state index contributed by atoms with van der Waals surface area (Å²) in [6.07, 6.45) is 0. The van der Waals surface area contributed by atoms with E-state index in [1.165, 1.54) is 11.3 Å². The minimum atomic E-state index is -1.09. The van der Waals surface area contributed by atoms with Crippen LogP contribution in [0.2, 0.25) is 5.02 Å². The van der Waals surface area contributed by atoms with Gasteiger partial charge in [0.2, 0.25) is 5.91 Å². The number of ketones is 1. The number of carbonyl (C=O) groups is 2. The number of nitrogens with zero attached hydrogens (tertiary/aromatic N) is 1. The molecular weight excluding hydrogens is 476 g/mol. The lowest BCUT2D eigenvalue weighted by Crippen LogP contribution is -2.52. The number of nitrogens with one attached hydrogen (secondary N) is 1. The maximum atomic E-state index is 14.2. The molecule has 8 heteroatoms. The number of ether oxygens (including phenoxy) is 1. The van der Waals surface area contributed by atoms with Gasteiger partial charge in [-0.05, 0) is 47.3 Å². The van der Waals surface area contributed by atoms with Crippen molar-refractivity contribution in [3.05, 3.63) is 81.0 Å². The number of fused-ring (bicyclic) bond motifs is 4. The van der Waals surface area contributed by atoms with Gasteiger partial charge < -0.3 is 10.1 Å². The molecule has 0 radical (unpaired) electrons. The third kappa shape index (κ3) is 2.96. The average Bonchev–Trinajstić information content (AvgIpc) is 3.60. The Labute approximate surface area is 205 Å². The molecule has 1 amide bonds. The Morgan fingerprint density at radius 2 is 2.03 bits per heavy atom. The van der Waals surface area contributed by atoms with E-state index < -0.39 is 11.5 Å². The van der Waals surface area contributed by atoms with Crippen molar-refractivity contribution in [3.63, 3.8) is 0 Å². The first kappa shape index (κ1) is 21.2. The Kier molecular flexibility index (Phi) is 5.07. The van der Waals surface area contributed by atoms with E-state index in [0.717, 1.165) is 22.6 Å².